The Balaban J connectivity index is 1.25. The topological polar surface area (TPSA) is 130 Å². The fraction of sp³-hybridized carbons (Fsp3) is 0.359. The number of pyridine rings is 1. The Kier molecular flexibility index (Phi) is 10.8. The summed E-state index contributed by atoms with van der Waals surface area (Å²) in [5.41, 5.74) is 3.08. The zero-order chi connectivity index (χ0) is 36.0. The molecule has 8 heterocycles. The van der Waals surface area contributed by atoms with E-state index in [4.69, 9.17) is 28.4 Å². The third kappa shape index (κ3) is 7.96. The number of benzene rings is 3. The van der Waals surface area contributed by atoms with Gasteiger partial charge in [0.25, 0.3) is 11.8 Å². The monoisotopic (exact) mass is 696 g/mol. The van der Waals surface area contributed by atoms with Crippen LogP contribution < -0.4 is 39.1 Å². The number of carbonyl (C=O) groups is 2. The van der Waals surface area contributed by atoms with Gasteiger partial charge in [0.2, 0.25) is 0 Å². The fourth-order valence-corrected chi connectivity index (χ4v) is 6.42. The highest BCUT2D eigenvalue weighted by atomic mass is 16.5. The van der Waals surface area contributed by atoms with E-state index in [1.165, 1.54) is 7.11 Å². The lowest BCUT2D eigenvalue weighted by Crippen LogP contribution is -2.57. The minimum absolute atomic E-state index is 0.202. The molecule has 6 bridgehead atoms. The number of aromatic nitrogens is 1. The number of piperidine rings is 1. The number of methoxy groups -OCH3 is 3. The van der Waals surface area contributed by atoms with Crippen molar-refractivity contribution in [2.24, 2.45) is 0 Å². The molecule has 12 nitrogen and oxygen atoms in total. The molecule has 7 aliphatic heterocycles. The molecule has 1 aromatic heterocycles. The van der Waals surface area contributed by atoms with Gasteiger partial charge in [-0.1, -0.05) is 6.07 Å². The number of ether oxygens (including phenoxy) is 6. The number of hydrogen-bond donors (Lipinski definition) is 2. The number of likely N-dealkylation sites (tertiary alicyclic amines) is 1. The summed E-state index contributed by atoms with van der Waals surface area (Å²) in [5, 5.41) is 6.00. The molecule has 2 N–H and O–H groups in total. The lowest BCUT2D eigenvalue weighted by molar-refractivity contribution is -0.141. The van der Waals surface area contributed by atoms with E-state index in [0.29, 0.717) is 72.5 Å². The quantitative estimate of drug-likeness (QED) is 0.281. The standard InChI is InChI=1S/C39H44N4O8/c1-25-22-41-31(26(2)36(25)48-5)24-43-17-14-39(15-18-43)38(45)42-23-27-6-12-32(34(20-27)46-3)50-33-13-7-28(21-35(33)47-4)37(44)40-16-19-49-29-8-10-30(51-39)11-9-29/h6-13,20-22H,14-19,23-24H2,1-5H3,(H,40,44)(H,42,45). The molecule has 51 heavy (non-hydrogen) atoms. The molecule has 1 spiro atoms. The van der Waals surface area contributed by atoms with Gasteiger partial charge in [0, 0.05) is 61.9 Å². The normalized spacial score (nSPS) is 16.4. The Bertz CT molecular complexity index is 1870. The maximum Gasteiger partial charge on any atom is 0.264 e. The van der Waals surface area contributed by atoms with Crippen LogP contribution in [-0.4, -0.2) is 74.9 Å². The SMILES string of the molecule is COc1cc2ccc1Oc1ccc(cc1OC)C(=O)NCCOc1ccc(cc1)OC1(CCN(Cc3ncc(C)c(OC)c3C)CC1)C(=O)NC2. The third-order valence-electron chi connectivity index (χ3n) is 9.32. The first-order valence-corrected chi connectivity index (χ1v) is 16.9. The number of amides is 2. The Morgan fingerprint density at radius 3 is 2.24 bits per heavy atom. The Morgan fingerprint density at radius 1 is 0.843 bits per heavy atom. The first-order chi connectivity index (χ1) is 24.7. The molecule has 7 aliphatic rings. The minimum Gasteiger partial charge on any atom is -0.496 e. The van der Waals surface area contributed by atoms with Gasteiger partial charge in [-0.15, -0.1) is 0 Å². The highest BCUT2D eigenvalue weighted by Gasteiger charge is 2.44. The van der Waals surface area contributed by atoms with Gasteiger partial charge >= 0.3 is 0 Å². The highest BCUT2D eigenvalue weighted by molar-refractivity contribution is 5.95. The van der Waals surface area contributed by atoms with Crippen LogP contribution in [0.15, 0.2) is 66.9 Å². The number of hydrogen-bond acceptors (Lipinski definition) is 10. The van der Waals surface area contributed by atoms with Crippen LogP contribution in [-0.2, 0) is 17.9 Å². The summed E-state index contributed by atoms with van der Waals surface area (Å²) >= 11 is 0. The maximum atomic E-state index is 14.1. The highest BCUT2D eigenvalue weighted by Crippen LogP contribution is 2.38. The van der Waals surface area contributed by atoms with Gasteiger partial charge in [-0.05, 0) is 74.0 Å². The summed E-state index contributed by atoms with van der Waals surface area (Å²) in [7, 11) is 4.74. The average molecular weight is 697 g/mol. The van der Waals surface area contributed by atoms with Crippen molar-refractivity contribution in [1.29, 1.82) is 0 Å². The molecule has 0 unspecified atom stereocenters. The average Bonchev–Trinajstić information content (AvgIpc) is 3.15. The van der Waals surface area contributed by atoms with Crippen LogP contribution in [0.1, 0.15) is 45.6 Å². The third-order valence-corrected chi connectivity index (χ3v) is 9.32. The molecule has 0 atom stereocenters. The predicted octanol–water partition coefficient (Wildman–Crippen LogP) is 5.37. The van der Waals surface area contributed by atoms with Crippen LogP contribution in [0.25, 0.3) is 0 Å². The Labute approximate surface area is 298 Å². The lowest BCUT2D eigenvalue weighted by atomic mass is 9.89. The summed E-state index contributed by atoms with van der Waals surface area (Å²) in [4.78, 5) is 34.0. The van der Waals surface area contributed by atoms with Gasteiger partial charge < -0.3 is 39.1 Å². The molecule has 12 heteroatoms. The molecule has 1 saturated heterocycles. The van der Waals surface area contributed by atoms with Gasteiger partial charge in [0.1, 0.15) is 23.9 Å². The van der Waals surface area contributed by atoms with Crippen molar-refractivity contribution >= 4 is 11.8 Å². The number of nitrogens with one attached hydrogen (secondary N) is 2. The zero-order valence-electron chi connectivity index (χ0n) is 29.7. The second-order valence-electron chi connectivity index (χ2n) is 12.6. The minimum atomic E-state index is -1.11. The zero-order valence-corrected chi connectivity index (χ0v) is 29.7. The van der Waals surface area contributed by atoms with E-state index in [1.807, 2.05) is 32.2 Å². The van der Waals surface area contributed by atoms with E-state index in [-0.39, 0.29) is 31.5 Å². The van der Waals surface area contributed by atoms with Crippen molar-refractivity contribution in [3.05, 3.63) is 94.8 Å². The van der Waals surface area contributed by atoms with Crippen LogP contribution in [0, 0.1) is 13.8 Å². The summed E-state index contributed by atoms with van der Waals surface area (Å²) < 4.78 is 35.4. The molecule has 0 aliphatic carbocycles. The van der Waals surface area contributed by atoms with Gasteiger partial charge in [0.05, 0.1) is 33.6 Å². The number of rotatable bonds is 5. The van der Waals surface area contributed by atoms with Crippen LogP contribution >= 0.6 is 0 Å². The van der Waals surface area contributed by atoms with Crippen molar-refractivity contribution < 1.29 is 38.0 Å². The molecule has 1 fully saturated rings. The summed E-state index contributed by atoms with van der Waals surface area (Å²) in [6.45, 7) is 6.68. The van der Waals surface area contributed by atoms with Crippen molar-refractivity contribution in [3.8, 4) is 40.2 Å². The lowest BCUT2D eigenvalue weighted by Gasteiger charge is -2.40. The van der Waals surface area contributed by atoms with Gasteiger partial charge in [-0.3, -0.25) is 19.5 Å². The van der Waals surface area contributed by atoms with Crippen LogP contribution in [0.2, 0.25) is 0 Å². The van der Waals surface area contributed by atoms with Gasteiger partial charge in [-0.25, -0.2) is 0 Å². The van der Waals surface area contributed by atoms with E-state index in [9.17, 15) is 9.59 Å². The van der Waals surface area contributed by atoms with Crippen LogP contribution in [0.3, 0.4) is 0 Å². The largest absolute Gasteiger partial charge is 0.496 e. The van der Waals surface area contributed by atoms with E-state index in [2.05, 4.69) is 20.5 Å². The molecule has 11 rings (SSSR count). The second-order valence-corrected chi connectivity index (χ2v) is 12.6. The van der Waals surface area contributed by atoms with E-state index >= 15 is 0 Å². The second kappa shape index (κ2) is 15.6. The van der Waals surface area contributed by atoms with Crippen LogP contribution in [0.5, 0.6) is 40.2 Å². The van der Waals surface area contributed by atoms with Crippen molar-refractivity contribution in [1.82, 2.24) is 20.5 Å². The van der Waals surface area contributed by atoms with Crippen LogP contribution in [0.4, 0.5) is 0 Å². The van der Waals surface area contributed by atoms with E-state index in [1.54, 1.807) is 62.8 Å². The number of nitrogens with zero attached hydrogens (tertiary/aromatic N) is 2. The first kappa shape index (κ1) is 35.3. The fourth-order valence-electron chi connectivity index (χ4n) is 6.42. The van der Waals surface area contributed by atoms with Crippen molar-refractivity contribution in [2.45, 2.75) is 45.4 Å². The molecule has 0 radical (unpaired) electrons. The van der Waals surface area contributed by atoms with Crippen molar-refractivity contribution in [3.63, 3.8) is 0 Å². The predicted molar refractivity (Wildman–Crippen MR) is 190 cm³/mol. The summed E-state index contributed by atoms with van der Waals surface area (Å²) in [5.74, 6) is 3.26. The maximum absolute atomic E-state index is 14.1. The molecule has 3 aromatic carbocycles. The smallest absolute Gasteiger partial charge is 0.264 e. The number of aryl methyl sites for hydroxylation is 1. The molecular formula is C39H44N4O8. The van der Waals surface area contributed by atoms with Crippen molar-refractivity contribution in [2.75, 3.05) is 47.6 Å². The summed E-state index contributed by atoms with van der Waals surface area (Å²) in [6, 6.07) is 17.6. The first-order valence-electron chi connectivity index (χ1n) is 16.9. The van der Waals surface area contributed by atoms with Gasteiger partial charge in [-0.2, -0.15) is 0 Å². The van der Waals surface area contributed by atoms with E-state index < -0.39 is 5.60 Å². The molecule has 268 valence electrons. The molecule has 4 aromatic rings. The molecule has 0 saturated carbocycles. The molecule has 2 amide bonds. The Hall–Kier alpha value is -5.49. The number of carbonyl (C=O) groups excluding carboxylic acids is 2. The van der Waals surface area contributed by atoms with Gasteiger partial charge in [0.15, 0.2) is 28.6 Å². The summed E-state index contributed by atoms with van der Waals surface area (Å²) in [6.07, 6.45) is 2.77. The molecular weight excluding hydrogens is 652 g/mol. The Morgan fingerprint density at radius 2 is 1.53 bits per heavy atom. The van der Waals surface area contributed by atoms with E-state index in [0.717, 1.165) is 28.1 Å².